The topological polar surface area (TPSA) is 66.5 Å². The monoisotopic (exact) mass is 384 g/mol. The van der Waals surface area contributed by atoms with Crippen LogP contribution in [-0.2, 0) is 12.8 Å². The highest BCUT2D eigenvalue weighted by atomic mass is 16.2. The number of nitrogens with one attached hydrogen (secondary N) is 1. The summed E-state index contributed by atoms with van der Waals surface area (Å²) in [5.74, 6) is -0.919. The quantitative estimate of drug-likeness (QED) is 0.678. The van der Waals surface area contributed by atoms with Gasteiger partial charge in [-0.2, -0.15) is 0 Å². The van der Waals surface area contributed by atoms with Gasteiger partial charge < -0.3 is 5.32 Å². The van der Waals surface area contributed by atoms with Crippen molar-refractivity contribution in [3.05, 3.63) is 101 Å². The van der Waals surface area contributed by atoms with Crippen molar-refractivity contribution in [1.82, 2.24) is 4.90 Å². The molecule has 5 heteroatoms. The summed E-state index contributed by atoms with van der Waals surface area (Å²) in [7, 11) is 1.45. The lowest BCUT2D eigenvalue weighted by atomic mass is 9.99. The van der Waals surface area contributed by atoms with Gasteiger partial charge in [-0.05, 0) is 48.2 Å². The molecule has 29 heavy (non-hydrogen) atoms. The Bertz CT molecular complexity index is 1110. The van der Waals surface area contributed by atoms with Crippen molar-refractivity contribution in [1.29, 1.82) is 0 Å². The number of hydrogen-bond donors (Lipinski definition) is 1. The van der Waals surface area contributed by atoms with Crippen molar-refractivity contribution < 1.29 is 14.4 Å². The standard InChI is InChI=1S/C24H20N2O3/c1-26-23(28)20-14-13-18(15-21(20)24(26)29)25-22(27)19-10-6-5-9-17(19)12-11-16-7-3-2-4-8-16/h2-10,13-15H,11-12H2,1H3,(H,25,27). The second-order valence-electron chi connectivity index (χ2n) is 7.03. The zero-order valence-corrected chi connectivity index (χ0v) is 16.0. The number of anilines is 1. The highest BCUT2D eigenvalue weighted by molar-refractivity contribution is 6.21. The Morgan fingerprint density at radius 2 is 1.52 bits per heavy atom. The van der Waals surface area contributed by atoms with Crippen LogP contribution in [0.15, 0.2) is 72.8 Å². The summed E-state index contributed by atoms with van der Waals surface area (Å²) in [5.41, 5.74) is 3.94. The van der Waals surface area contributed by atoms with Crippen molar-refractivity contribution in [3.8, 4) is 0 Å². The van der Waals surface area contributed by atoms with Gasteiger partial charge in [0.05, 0.1) is 11.1 Å². The number of imide groups is 1. The molecule has 5 nitrogen and oxygen atoms in total. The van der Waals surface area contributed by atoms with Gasteiger partial charge in [0.2, 0.25) is 0 Å². The molecule has 0 fully saturated rings. The molecule has 0 saturated heterocycles. The largest absolute Gasteiger partial charge is 0.322 e. The maximum absolute atomic E-state index is 12.9. The predicted molar refractivity (Wildman–Crippen MR) is 111 cm³/mol. The molecule has 1 aliphatic rings. The van der Waals surface area contributed by atoms with Gasteiger partial charge in [-0.25, -0.2) is 0 Å². The summed E-state index contributed by atoms with van der Waals surface area (Å²) in [5, 5.41) is 2.86. The van der Waals surface area contributed by atoms with E-state index in [-0.39, 0.29) is 17.7 Å². The first-order valence-electron chi connectivity index (χ1n) is 9.44. The minimum atomic E-state index is -0.357. The van der Waals surface area contributed by atoms with Crippen molar-refractivity contribution in [2.24, 2.45) is 0 Å². The first-order valence-corrected chi connectivity index (χ1v) is 9.44. The Balaban J connectivity index is 1.53. The van der Waals surface area contributed by atoms with Crippen LogP contribution in [-0.4, -0.2) is 29.7 Å². The number of hydrogen-bond acceptors (Lipinski definition) is 3. The van der Waals surface area contributed by atoms with E-state index in [4.69, 9.17) is 0 Å². The molecule has 0 spiro atoms. The van der Waals surface area contributed by atoms with Crippen LogP contribution in [0.4, 0.5) is 5.69 Å². The maximum atomic E-state index is 12.9. The fourth-order valence-electron chi connectivity index (χ4n) is 3.52. The Hall–Kier alpha value is -3.73. The van der Waals surface area contributed by atoms with Crippen molar-refractivity contribution in [2.45, 2.75) is 12.8 Å². The lowest BCUT2D eigenvalue weighted by Crippen LogP contribution is -2.24. The number of aryl methyl sites for hydroxylation is 2. The fourth-order valence-corrected chi connectivity index (χ4v) is 3.52. The summed E-state index contributed by atoms with van der Waals surface area (Å²) < 4.78 is 0. The molecule has 3 aromatic carbocycles. The number of rotatable bonds is 5. The lowest BCUT2D eigenvalue weighted by molar-refractivity contribution is 0.0692. The summed E-state index contributed by atoms with van der Waals surface area (Å²) in [6.45, 7) is 0. The van der Waals surface area contributed by atoms with Gasteiger partial charge in [0.25, 0.3) is 17.7 Å². The zero-order chi connectivity index (χ0) is 20.4. The number of amides is 3. The molecule has 1 aliphatic heterocycles. The summed E-state index contributed by atoms with van der Waals surface area (Å²) in [6.07, 6.45) is 1.59. The van der Waals surface area contributed by atoms with E-state index in [0.29, 0.717) is 22.4 Å². The Kier molecular flexibility index (Phi) is 4.96. The Labute approximate surface area is 169 Å². The van der Waals surface area contributed by atoms with E-state index in [1.165, 1.54) is 12.6 Å². The summed E-state index contributed by atoms with van der Waals surface area (Å²) >= 11 is 0. The van der Waals surface area contributed by atoms with Gasteiger partial charge in [0.15, 0.2) is 0 Å². The Morgan fingerprint density at radius 1 is 0.828 bits per heavy atom. The first-order chi connectivity index (χ1) is 14.0. The van der Waals surface area contributed by atoms with Gasteiger partial charge in [0.1, 0.15) is 0 Å². The fraction of sp³-hybridized carbons (Fsp3) is 0.125. The van der Waals surface area contributed by atoms with Crippen LogP contribution in [0.3, 0.4) is 0 Å². The Morgan fingerprint density at radius 3 is 2.31 bits per heavy atom. The minimum absolute atomic E-state index is 0.237. The molecule has 0 aliphatic carbocycles. The number of carbonyl (C=O) groups is 3. The summed E-state index contributed by atoms with van der Waals surface area (Å²) in [4.78, 5) is 38.2. The predicted octanol–water partition coefficient (Wildman–Crippen LogP) is 3.95. The molecule has 144 valence electrons. The average molecular weight is 384 g/mol. The molecule has 0 radical (unpaired) electrons. The molecule has 0 atom stereocenters. The first kappa shape index (κ1) is 18.6. The van der Waals surface area contributed by atoms with Gasteiger partial charge in [-0.3, -0.25) is 19.3 Å². The molecule has 0 aromatic heterocycles. The van der Waals surface area contributed by atoms with E-state index in [1.54, 1.807) is 24.3 Å². The molecule has 4 rings (SSSR count). The minimum Gasteiger partial charge on any atom is -0.322 e. The van der Waals surface area contributed by atoms with Crippen molar-refractivity contribution in [3.63, 3.8) is 0 Å². The SMILES string of the molecule is CN1C(=O)c2ccc(NC(=O)c3ccccc3CCc3ccccc3)cc2C1=O. The second-order valence-corrected chi connectivity index (χ2v) is 7.03. The third kappa shape index (κ3) is 3.67. The van der Waals surface area contributed by atoms with Gasteiger partial charge in [-0.15, -0.1) is 0 Å². The average Bonchev–Trinajstić information content (AvgIpc) is 2.97. The number of nitrogens with zero attached hydrogens (tertiary/aromatic N) is 1. The van der Waals surface area contributed by atoms with Crippen molar-refractivity contribution in [2.75, 3.05) is 12.4 Å². The molecule has 3 aromatic rings. The van der Waals surface area contributed by atoms with Crippen LogP contribution < -0.4 is 5.32 Å². The molecular formula is C24H20N2O3. The van der Waals surface area contributed by atoms with Gasteiger partial charge >= 0.3 is 0 Å². The van der Waals surface area contributed by atoms with Crippen LogP contribution >= 0.6 is 0 Å². The molecule has 1 heterocycles. The van der Waals surface area contributed by atoms with Crippen LogP contribution in [0.5, 0.6) is 0 Å². The number of benzene rings is 3. The molecule has 0 unspecified atom stereocenters. The molecule has 3 amide bonds. The summed E-state index contributed by atoms with van der Waals surface area (Å²) in [6, 6.07) is 22.4. The molecule has 1 N–H and O–H groups in total. The zero-order valence-electron chi connectivity index (χ0n) is 16.0. The van der Waals surface area contributed by atoms with Crippen LogP contribution in [0.2, 0.25) is 0 Å². The highest BCUT2D eigenvalue weighted by Crippen LogP contribution is 2.25. The van der Waals surface area contributed by atoms with Gasteiger partial charge in [-0.1, -0.05) is 48.5 Å². The van der Waals surface area contributed by atoms with E-state index >= 15 is 0 Å². The van der Waals surface area contributed by atoms with E-state index in [0.717, 1.165) is 23.3 Å². The molecular weight excluding hydrogens is 364 g/mol. The third-order valence-corrected chi connectivity index (χ3v) is 5.14. The second kappa shape index (κ2) is 7.72. The van der Waals surface area contributed by atoms with Crippen molar-refractivity contribution >= 4 is 23.4 Å². The molecule has 0 saturated carbocycles. The third-order valence-electron chi connectivity index (χ3n) is 5.14. The van der Waals surface area contributed by atoms with Crippen LogP contribution in [0.1, 0.15) is 42.2 Å². The lowest BCUT2D eigenvalue weighted by Gasteiger charge is -2.11. The van der Waals surface area contributed by atoms with Crippen LogP contribution in [0.25, 0.3) is 0 Å². The highest BCUT2D eigenvalue weighted by Gasteiger charge is 2.32. The normalized spacial score (nSPS) is 12.8. The maximum Gasteiger partial charge on any atom is 0.261 e. The van der Waals surface area contributed by atoms with E-state index in [9.17, 15) is 14.4 Å². The van der Waals surface area contributed by atoms with Gasteiger partial charge in [0, 0.05) is 18.3 Å². The number of fused-ring (bicyclic) bond motifs is 1. The smallest absolute Gasteiger partial charge is 0.261 e. The van der Waals surface area contributed by atoms with Crippen LogP contribution in [0, 0.1) is 0 Å². The van der Waals surface area contributed by atoms with E-state index < -0.39 is 0 Å². The van der Waals surface area contributed by atoms with E-state index in [2.05, 4.69) is 17.4 Å². The number of carbonyl (C=O) groups excluding carboxylic acids is 3. The van der Waals surface area contributed by atoms with E-state index in [1.807, 2.05) is 36.4 Å². The molecule has 0 bridgehead atoms.